The highest BCUT2D eigenvalue weighted by Gasteiger charge is 1.69. The van der Waals surface area contributed by atoms with Crippen LogP contribution in [0.1, 0.15) is 26.7 Å². The Kier molecular flexibility index (Phi) is 14.1. The number of unbranched alkanes of at least 4 members (excludes halogenated alkanes) is 1. The van der Waals surface area contributed by atoms with Gasteiger partial charge < -0.3 is 5.11 Å². The van der Waals surface area contributed by atoms with Gasteiger partial charge in [-0.25, -0.2) is 0 Å². The number of rotatable bonds is 2. The summed E-state index contributed by atoms with van der Waals surface area (Å²) in [7, 11) is 0. The van der Waals surface area contributed by atoms with E-state index in [1.54, 1.807) is 0 Å². The van der Waals surface area contributed by atoms with Crippen molar-refractivity contribution in [3.05, 3.63) is 0 Å². The Balaban J connectivity index is 0. The first-order valence-electron chi connectivity index (χ1n) is 2.90. The molecule has 0 spiro atoms. The number of aliphatic carboxylic acids is 1. The molecule has 1 N–H and O–H groups in total. The van der Waals surface area contributed by atoms with Crippen LogP contribution in [0.5, 0.6) is 0 Å². The summed E-state index contributed by atoms with van der Waals surface area (Å²) in [5.41, 5.74) is 0. The standard InChI is InChI=1S/C4H9Br.C2H4O2/c1-2-3-4-5;1-2(3)4/h2-4H2,1H3;1H3,(H,3,4). The minimum absolute atomic E-state index is 0.833. The van der Waals surface area contributed by atoms with Crippen molar-refractivity contribution >= 4 is 21.9 Å². The van der Waals surface area contributed by atoms with Crippen LogP contribution in [0.4, 0.5) is 0 Å². The van der Waals surface area contributed by atoms with E-state index in [9.17, 15) is 0 Å². The molecule has 0 amide bonds. The minimum Gasteiger partial charge on any atom is -0.481 e. The highest BCUT2D eigenvalue weighted by Crippen LogP contribution is 1.89. The van der Waals surface area contributed by atoms with Gasteiger partial charge in [-0.05, 0) is 6.42 Å². The molecule has 0 saturated carbocycles. The monoisotopic (exact) mass is 196 g/mol. The molecule has 0 saturated heterocycles. The molecule has 2 nitrogen and oxygen atoms in total. The second kappa shape index (κ2) is 10.8. The van der Waals surface area contributed by atoms with Gasteiger partial charge >= 0.3 is 0 Å². The molecule has 0 aliphatic heterocycles. The van der Waals surface area contributed by atoms with Crippen molar-refractivity contribution in [3.63, 3.8) is 0 Å². The van der Waals surface area contributed by atoms with Crippen molar-refractivity contribution < 1.29 is 9.90 Å². The molecule has 0 aliphatic rings. The van der Waals surface area contributed by atoms with Gasteiger partial charge in [-0.1, -0.05) is 29.3 Å². The average molecular weight is 197 g/mol. The van der Waals surface area contributed by atoms with Gasteiger partial charge in [-0.2, -0.15) is 0 Å². The summed E-state index contributed by atoms with van der Waals surface area (Å²) >= 11 is 3.31. The fraction of sp³-hybridized carbons (Fsp3) is 0.833. The van der Waals surface area contributed by atoms with Crippen LogP contribution in [0.2, 0.25) is 0 Å². The Labute approximate surface area is 64.4 Å². The number of hydrogen-bond donors (Lipinski definition) is 1. The number of carboxylic acids is 1. The van der Waals surface area contributed by atoms with Gasteiger partial charge in [-0.3, -0.25) is 4.79 Å². The molecular formula is C6H13BrO2. The number of carbonyl (C=O) groups is 1. The number of hydrogen-bond acceptors (Lipinski definition) is 1. The number of alkyl halides is 1. The summed E-state index contributed by atoms with van der Waals surface area (Å²) in [4.78, 5) is 9.00. The Morgan fingerprint density at radius 1 is 1.67 bits per heavy atom. The smallest absolute Gasteiger partial charge is 0.300 e. The summed E-state index contributed by atoms with van der Waals surface area (Å²) in [5.74, 6) is -0.833. The first-order chi connectivity index (χ1) is 4.15. The third-order valence-corrected chi connectivity index (χ3v) is 1.05. The van der Waals surface area contributed by atoms with Crippen molar-refractivity contribution in [2.45, 2.75) is 26.7 Å². The quantitative estimate of drug-likeness (QED) is 0.689. The zero-order valence-electron chi connectivity index (χ0n) is 5.85. The maximum absolute atomic E-state index is 9.00. The molecule has 0 aliphatic carbocycles. The van der Waals surface area contributed by atoms with Crippen molar-refractivity contribution in [2.24, 2.45) is 0 Å². The van der Waals surface area contributed by atoms with Crippen molar-refractivity contribution in [2.75, 3.05) is 5.33 Å². The van der Waals surface area contributed by atoms with E-state index in [-0.39, 0.29) is 0 Å². The highest BCUT2D eigenvalue weighted by atomic mass is 79.9. The lowest BCUT2D eigenvalue weighted by Crippen LogP contribution is -1.78. The Hall–Kier alpha value is -0.0500. The molecule has 0 aromatic carbocycles. The SMILES string of the molecule is CC(=O)O.CCCCBr. The molecule has 0 aromatic rings. The molecule has 0 bridgehead atoms. The van der Waals surface area contributed by atoms with Crippen LogP contribution in [0, 0.1) is 0 Å². The average Bonchev–Trinajstić information content (AvgIpc) is 1.66. The van der Waals surface area contributed by atoms with Crippen LogP contribution in [0.15, 0.2) is 0 Å². The summed E-state index contributed by atoms with van der Waals surface area (Å²) in [6.45, 7) is 3.27. The lowest BCUT2D eigenvalue weighted by molar-refractivity contribution is -0.134. The topological polar surface area (TPSA) is 37.3 Å². The molecule has 0 rings (SSSR count). The Morgan fingerprint density at radius 2 is 2.00 bits per heavy atom. The van der Waals surface area contributed by atoms with Crippen LogP contribution in [-0.2, 0) is 4.79 Å². The first-order valence-corrected chi connectivity index (χ1v) is 4.02. The molecular weight excluding hydrogens is 184 g/mol. The van der Waals surface area contributed by atoms with Crippen LogP contribution in [0.3, 0.4) is 0 Å². The van der Waals surface area contributed by atoms with Crippen molar-refractivity contribution in [1.29, 1.82) is 0 Å². The van der Waals surface area contributed by atoms with Gasteiger partial charge in [0.2, 0.25) is 0 Å². The van der Waals surface area contributed by atoms with Gasteiger partial charge in [0.1, 0.15) is 0 Å². The van der Waals surface area contributed by atoms with E-state index in [1.165, 1.54) is 12.8 Å². The molecule has 56 valence electrons. The van der Waals surface area contributed by atoms with Crippen LogP contribution in [-0.4, -0.2) is 16.4 Å². The maximum Gasteiger partial charge on any atom is 0.300 e. The zero-order chi connectivity index (χ0) is 7.70. The normalized spacial score (nSPS) is 7.44. The summed E-state index contributed by atoms with van der Waals surface area (Å²) < 4.78 is 0. The minimum atomic E-state index is -0.833. The van der Waals surface area contributed by atoms with Crippen molar-refractivity contribution in [1.82, 2.24) is 0 Å². The third kappa shape index (κ3) is 74.0. The van der Waals surface area contributed by atoms with E-state index >= 15 is 0 Å². The van der Waals surface area contributed by atoms with Crippen LogP contribution < -0.4 is 0 Å². The molecule has 0 unspecified atom stereocenters. The van der Waals surface area contributed by atoms with Gasteiger partial charge in [0, 0.05) is 12.3 Å². The van der Waals surface area contributed by atoms with Crippen LogP contribution in [0.25, 0.3) is 0 Å². The molecule has 0 fully saturated rings. The fourth-order valence-electron chi connectivity index (χ4n) is 0.134. The largest absolute Gasteiger partial charge is 0.481 e. The zero-order valence-corrected chi connectivity index (χ0v) is 7.44. The predicted molar refractivity (Wildman–Crippen MR) is 42.0 cm³/mol. The van der Waals surface area contributed by atoms with Gasteiger partial charge in [0.15, 0.2) is 0 Å². The van der Waals surface area contributed by atoms with Crippen LogP contribution >= 0.6 is 15.9 Å². The van der Waals surface area contributed by atoms with Gasteiger partial charge in [0.05, 0.1) is 0 Å². The lowest BCUT2D eigenvalue weighted by atomic mass is 10.4. The molecule has 0 heterocycles. The summed E-state index contributed by atoms with van der Waals surface area (Å²) in [6.07, 6.45) is 2.60. The van der Waals surface area contributed by atoms with Crippen molar-refractivity contribution in [3.8, 4) is 0 Å². The molecule has 0 radical (unpaired) electrons. The molecule has 9 heavy (non-hydrogen) atoms. The fourth-order valence-corrected chi connectivity index (χ4v) is 0.694. The number of halogens is 1. The summed E-state index contributed by atoms with van der Waals surface area (Å²) in [5, 5.41) is 8.57. The van der Waals surface area contributed by atoms with E-state index in [1.807, 2.05) is 0 Å². The van der Waals surface area contributed by atoms with Gasteiger partial charge in [-0.15, -0.1) is 0 Å². The molecule has 0 atom stereocenters. The van der Waals surface area contributed by atoms with E-state index in [4.69, 9.17) is 9.90 Å². The van der Waals surface area contributed by atoms with E-state index in [2.05, 4.69) is 22.9 Å². The number of carboxylic acid groups (broad SMARTS) is 1. The third-order valence-electron chi connectivity index (χ3n) is 0.487. The Bertz CT molecular complexity index is 58.1. The first kappa shape index (κ1) is 11.7. The maximum atomic E-state index is 9.00. The Morgan fingerprint density at radius 3 is 2.00 bits per heavy atom. The van der Waals surface area contributed by atoms with E-state index < -0.39 is 5.97 Å². The molecule has 0 aromatic heterocycles. The highest BCUT2D eigenvalue weighted by molar-refractivity contribution is 9.09. The van der Waals surface area contributed by atoms with E-state index in [0.29, 0.717) is 0 Å². The second-order valence-corrected chi connectivity index (χ2v) is 2.35. The molecule has 3 heteroatoms. The predicted octanol–water partition coefficient (Wildman–Crippen LogP) is 2.27. The second-order valence-electron chi connectivity index (χ2n) is 1.56. The van der Waals surface area contributed by atoms with E-state index in [0.717, 1.165) is 12.3 Å². The lowest BCUT2D eigenvalue weighted by Gasteiger charge is -1.77. The van der Waals surface area contributed by atoms with Gasteiger partial charge in [0.25, 0.3) is 5.97 Å². The summed E-state index contributed by atoms with van der Waals surface area (Å²) in [6, 6.07) is 0.